The number of thiazole rings is 1. The zero-order valence-electron chi connectivity index (χ0n) is 11.6. The number of aryl methyl sites for hydroxylation is 2. The first kappa shape index (κ1) is 13.5. The minimum absolute atomic E-state index is 0.472. The van der Waals surface area contributed by atoms with E-state index in [2.05, 4.69) is 21.2 Å². The van der Waals surface area contributed by atoms with E-state index >= 15 is 0 Å². The van der Waals surface area contributed by atoms with Crippen LogP contribution in [-0.2, 0) is 6.42 Å². The van der Waals surface area contributed by atoms with E-state index in [1.165, 1.54) is 0 Å². The number of benzene rings is 1. The van der Waals surface area contributed by atoms with Crippen LogP contribution < -0.4 is 0 Å². The summed E-state index contributed by atoms with van der Waals surface area (Å²) in [6.07, 6.45) is 0.567. The van der Waals surface area contributed by atoms with Gasteiger partial charge in [-0.25, -0.2) is 4.98 Å². The Balaban J connectivity index is 1.86. The molecule has 0 fully saturated rings. The number of rotatable bonds is 3. The predicted molar refractivity (Wildman–Crippen MR) is 78.8 cm³/mol. The van der Waals surface area contributed by atoms with Crippen molar-refractivity contribution in [3.8, 4) is 17.5 Å². The number of hydrogen-bond acceptors (Lipinski definition) is 6. The molecule has 0 aliphatic heterocycles. The van der Waals surface area contributed by atoms with Crippen molar-refractivity contribution in [3.63, 3.8) is 0 Å². The van der Waals surface area contributed by atoms with Crippen LogP contribution in [0.5, 0.6) is 0 Å². The molecule has 0 atom stereocenters. The summed E-state index contributed by atoms with van der Waals surface area (Å²) in [6, 6.07) is 7.50. The lowest BCUT2D eigenvalue weighted by Crippen LogP contribution is -1.91. The minimum atomic E-state index is 0.472. The average molecular weight is 296 g/mol. The summed E-state index contributed by atoms with van der Waals surface area (Å²) in [5.41, 5.74) is 3.41. The Hall–Kier alpha value is -2.52. The largest absolute Gasteiger partial charge is 0.334 e. The van der Waals surface area contributed by atoms with Gasteiger partial charge in [0.25, 0.3) is 5.89 Å². The van der Waals surface area contributed by atoms with Crippen molar-refractivity contribution in [1.82, 2.24) is 15.1 Å². The molecule has 0 N–H and O–H groups in total. The van der Waals surface area contributed by atoms with Gasteiger partial charge in [-0.05, 0) is 37.6 Å². The monoisotopic (exact) mass is 296 g/mol. The highest BCUT2D eigenvalue weighted by atomic mass is 32.1. The highest BCUT2D eigenvalue weighted by Gasteiger charge is 2.13. The molecular weight excluding hydrogens is 284 g/mol. The van der Waals surface area contributed by atoms with E-state index in [1.54, 1.807) is 17.4 Å². The van der Waals surface area contributed by atoms with Crippen LogP contribution in [0.25, 0.3) is 11.5 Å². The standard InChI is InChI=1S/C15H12N4OS/c1-9-5-11(7-16)3-4-12(9)15-18-13(19-20-15)6-14-17-10(2)8-21-14/h3-5,8H,6H2,1-2H3. The van der Waals surface area contributed by atoms with E-state index in [9.17, 15) is 0 Å². The Morgan fingerprint density at radius 1 is 1.29 bits per heavy atom. The summed E-state index contributed by atoms with van der Waals surface area (Å²) < 4.78 is 5.32. The smallest absolute Gasteiger partial charge is 0.258 e. The lowest BCUT2D eigenvalue weighted by atomic mass is 10.1. The van der Waals surface area contributed by atoms with Gasteiger partial charge in [0.2, 0.25) is 0 Å². The second kappa shape index (κ2) is 5.46. The molecule has 3 aromatic rings. The maximum Gasteiger partial charge on any atom is 0.258 e. The van der Waals surface area contributed by atoms with E-state index in [4.69, 9.17) is 9.78 Å². The molecule has 0 unspecified atom stereocenters. The van der Waals surface area contributed by atoms with E-state index in [-0.39, 0.29) is 0 Å². The second-order valence-corrected chi connectivity index (χ2v) is 5.66. The van der Waals surface area contributed by atoms with Gasteiger partial charge in [-0.1, -0.05) is 5.16 Å². The number of aromatic nitrogens is 3. The van der Waals surface area contributed by atoms with Crippen molar-refractivity contribution in [2.75, 3.05) is 0 Å². The molecule has 3 rings (SSSR count). The number of nitrogens with zero attached hydrogens (tertiary/aromatic N) is 4. The maximum atomic E-state index is 8.89. The Morgan fingerprint density at radius 2 is 2.14 bits per heavy atom. The van der Waals surface area contributed by atoms with Gasteiger partial charge in [-0.3, -0.25) is 0 Å². The fourth-order valence-corrected chi connectivity index (χ4v) is 2.80. The molecule has 0 amide bonds. The second-order valence-electron chi connectivity index (χ2n) is 4.72. The molecule has 5 nitrogen and oxygen atoms in total. The molecule has 6 heteroatoms. The van der Waals surface area contributed by atoms with Gasteiger partial charge in [0, 0.05) is 16.6 Å². The van der Waals surface area contributed by atoms with Crippen LogP contribution in [0.2, 0.25) is 0 Å². The molecular formula is C15H12N4OS. The molecule has 1 aromatic carbocycles. The highest BCUT2D eigenvalue weighted by molar-refractivity contribution is 7.09. The van der Waals surface area contributed by atoms with Crippen LogP contribution in [-0.4, -0.2) is 15.1 Å². The van der Waals surface area contributed by atoms with Crippen molar-refractivity contribution in [2.24, 2.45) is 0 Å². The summed E-state index contributed by atoms with van der Waals surface area (Å²) in [5.74, 6) is 1.09. The molecule has 0 aliphatic rings. The van der Waals surface area contributed by atoms with Crippen molar-refractivity contribution >= 4 is 11.3 Å². The van der Waals surface area contributed by atoms with Crippen LogP contribution in [0.1, 0.15) is 27.7 Å². The lowest BCUT2D eigenvalue weighted by molar-refractivity contribution is 0.423. The SMILES string of the molecule is Cc1csc(Cc2noc(-c3ccc(C#N)cc3C)n2)n1. The third-order valence-corrected chi connectivity index (χ3v) is 4.00. The Labute approximate surface area is 125 Å². The number of nitriles is 1. The summed E-state index contributed by atoms with van der Waals surface area (Å²) in [4.78, 5) is 8.80. The van der Waals surface area contributed by atoms with Gasteiger partial charge in [-0.15, -0.1) is 11.3 Å². The van der Waals surface area contributed by atoms with Crippen molar-refractivity contribution < 1.29 is 4.52 Å². The van der Waals surface area contributed by atoms with Crippen molar-refractivity contribution in [2.45, 2.75) is 20.3 Å². The lowest BCUT2D eigenvalue weighted by Gasteiger charge is -1.99. The maximum absolute atomic E-state index is 8.89. The van der Waals surface area contributed by atoms with Crippen molar-refractivity contribution in [1.29, 1.82) is 5.26 Å². The fraction of sp³-hybridized carbons (Fsp3) is 0.200. The average Bonchev–Trinajstić information content (AvgIpc) is 3.08. The summed E-state index contributed by atoms with van der Waals surface area (Å²) in [6.45, 7) is 3.88. The minimum Gasteiger partial charge on any atom is -0.334 e. The molecule has 0 saturated carbocycles. The van der Waals surface area contributed by atoms with Gasteiger partial charge in [-0.2, -0.15) is 10.2 Å². The molecule has 0 saturated heterocycles. The first-order valence-corrected chi connectivity index (χ1v) is 7.28. The van der Waals surface area contributed by atoms with Gasteiger partial charge in [0.1, 0.15) is 5.01 Å². The van der Waals surface area contributed by atoms with E-state index < -0.39 is 0 Å². The normalized spacial score (nSPS) is 10.5. The summed E-state index contributed by atoms with van der Waals surface area (Å²) in [7, 11) is 0. The van der Waals surface area contributed by atoms with Crippen molar-refractivity contribution in [3.05, 3.63) is 51.2 Å². The summed E-state index contributed by atoms with van der Waals surface area (Å²) in [5, 5.41) is 15.9. The van der Waals surface area contributed by atoms with Crippen LogP contribution in [0.4, 0.5) is 0 Å². The Bertz CT molecular complexity index is 828. The van der Waals surface area contributed by atoms with Crippen LogP contribution >= 0.6 is 11.3 Å². The quantitative estimate of drug-likeness (QED) is 0.741. The van der Waals surface area contributed by atoms with Gasteiger partial charge in [0.05, 0.1) is 18.1 Å². The fourth-order valence-electron chi connectivity index (χ4n) is 2.03. The van der Waals surface area contributed by atoms with Crippen LogP contribution in [0, 0.1) is 25.2 Å². The zero-order valence-corrected chi connectivity index (χ0v) is 12.4. The number of hydrogen-bond donors (Lipinski definition) is 0. The van der Waals surface area contributed by atoms with E-state index in [0.29, 0.717) is 23.7 Å². The molecule has 0 spiro atoms. The van der Waals surface area contributed by atoms with Crippen LogP contribution in [0.15, 0.2) is 28.1 Å². The third kappa shape index (κ3) is 2.83. The first-order chi connectivity index (χ1) is 10.2. The predicted octanol–water partition coefficient (Wildman–Crippen LogP) is 3.27. The van der Waals surface area contributed by atoms with E-state index in [1.807, 2.05) is 31.4 Å². The third-order valence-electron chi connectivity index (χ3n) is 3.03. The molecule has 21 heavy (non-hydrogen) atoms. The van der Waals surface area contributed by atoms with Gasteiger partial charge < -0.3 is 4.52 Å². The Morgan fingerprint density at radius 3 is 2.81 bits per heavy atom. The molecule has 0 radical (unpaired) electrons. The zero-order chi connectivity index (χ0) is 14.8. The van der Waals surface area contributed by atoms with Gasteiger partial charge in [0.15, 0.2) is 5.82 Å². The van der Waals surface area contributed by atoms with Gasteiger partial charge >= 0.3 is 0 Å². The topological polar surface area (TPSA) is 75.6 Å². The first-order valence-electron chi connectivity index (χ1n) is 6.40. The molecule has 2 aromatic heterocycles. The molecule has 104 valence electrons. The molecule has 0 aliphatic carbocycles. The summed E-state index contributed by atoms with van der Waals surface area (Å²) >= 11 is 1.59. The Kier molecular flexibility index (Phi) is 3.50. The van der Waals surface area contributed by atoms with Crippen LogP contribution in [0.3, 0.4) is 0 Å². The molecule has 2 heterocycles. The van der Waals surface area contributed by atoms with E-state index in [0.717, 1.165) is 21.8 Å². The molecule has 0 bridgehead atoms. The highest BCUT2D eigenvalue weighted by Crippen LogP contribution is 2.23.